The topological polar surface area (TPSA) is 80.5 Å². The normalized spacial score (nSPS) is 20.7. The second-order valence-electron chi connectivity index (χ2n) is 9.71. The van der Waals surface area contributed by atoms with Crippen molar-refractivity contribution in [3.8, 4) is 11.4 Å². The van der Waals surface area contributed by atoms with Gasteiger partial charge in [-0.15, -0.1) is 0 Å². The maximum absolute atomic E-state index is 5.86. The lowest BCUT2D eigenvalue weighted by molar-refractivity contribution is 0.0346. The van der Waals surface area contributed by atoms with E-state index < -0.39 is 0 Å². The quantitative estimate of drug-likeness (QED) is 0.423. The van der Waals surface area contributed by atoms with Gasteiger partial charge < -0.3 is 15.0 Å². The molecule has 4 heterocycles. The Morgan fingerprint density at radius 2 is 1.71 bits per heavy atom. The van der Waals surface area contributed by atoms with Crippen LogP contribution in [0.1, 0.15) is 51.1 Å². The van der Waals surface area contributed by atoms with Gasteiger partial charge in [-0.3, -0.25) is 0 Å². The fourth-order valence-corrected chi connectivity index (χ4v) is 5.44. The fourth-order valence-electron chi connectivity index (χ4n) is 5.44. The van der Waals surface area contributed by atoms with E-state index in [1.54, 1.807) is 0 Å². The number of rotatable bonds is 6. The van der Waals surface area contributed by atoms with Crippen LogP contribution < -0.4 is 10.2 Å². The third-order valence-corrected chi connectivity index (χ3v) is 7.26. The second kappa shape index (κ2) is 9.41. The molecule has 0 spiro atoms. The van der Waals surface area contributed by atoms with E-state index in [2.05, 4.69) is 23.2 Å². The molecule has 1 aliphatic carbocycles. The summed E-state index contributed by atoms with van der Waals surface area (Å²) in [7, 11) is 0. The molecule has 1 saturated heterocycles. The maximum atomic E-state index is 5.86. The average molecular weight is 472 g/mol. The highest BCUT2D eigenvalue weighted by Gasteiger charge is 2.24. The SMILES string of the molecule is CCOC1CCC(Nc2cc(N3CCCC3)nc3cc(-c4nc5ccccc5nc4C)nn23)CC1. The maximum Gasteiger partial charge on any atom is 0.160 e. The molecule has 0 unspecified atom stereocenters. The summed E-state index contributed by atoms with van der Waals surface area (Å²) in [6, 6.07) is 12.6. The predicted octanol–water partition coefficient (Wildman–Crippen LogP) is 5.01. The van der Waals surface area contributed by atoms with Gasteiger partial charge in [0.25, 0.3) is 0 Å². The number of para-hydroxylation sites is 2. The monoisotopic (exact) mass is 471 g/mol. The van der Waals surface area contributed by atoms with Gasteiger partial charge in [0.2, 0.25) is 0 Å². The van der Waals surface area contributed by atoms with Crippen LogP contribution in [0.15, 0.2) is 36.4 Å². The van der Waals surface area contributed by atoms with Crippen LogP contribution in [-0.2, 0) is 4.74 Å². The molecule has 1 aromatic carbocycles. The van der Waals surface area contributed by atoms with Gasteiger partial charge in [0, 0.05) is 37.9 Å². The van der Waals surface area contributed by atoms with E-state index >= 15 is 0 Å². The molecule has 1 saturated carbocycles. The number of hydrogen-bond acceptors (Lipinski definition) is 7. The highest BCUT2D eigenvalue weighted by atomic mass is 16.5. The van der Waals surface area contributed by atoms with Crippen molar-refractivity contribution in [1.29, 1.82) is 0 Å². The summed E-state index contributed by atoms with van der Waals surface area (Å²) in [5.74, 6) is 2.02. The molecule has 8 nitrogen and oxygen atoms in total. The van der Waals surface area contributed by atoms with E-state index in [0.717, 1.165) is 90.8 Å². The van der Waals surface area contributed by atoms with Crippen molar-refractivity contribution in [3.05, 3.63) is 42.1 Å². The Morgan fingerprint density at radius 3 is 2.46 bits per heavy atom. The molecule has 8 heteroatoms. The Hall–Kier alpha value is -3.26. The third-order valence-electron chi connectivity index (χ3n) is 7.26. The van der Waals surface area contributed by atoms with Crippen molar-refractivity contribution in [2.45, 2.75) is 64.5 Å². The number of anilines is 2. The van der Waals surface area contributed by atoms with Gasteiger partial charge in [-0.05, 0) is 64.5 Å². The second-order valence-corrected chi connectivity index (χ2v) is 9.71. The molecular formula is C27H33N7O. The third kappa shape index (κ3) is 4.43. The molecule has 0 amide bonds. The number of nitrogens with one attached hydrogen (secondary N) is 1. The van der Waals surface area contributed by atoms with Gasteiger partial charge in [-0.25, -0.2) is 15.0 Å². The van der Waals surface area contributed by atoms with Gasteiger partial charge in [0.1, 0.15) is 23.0 Å². The number of hydrogen-bond donors (Lipinski definition) is 1. The van der Waals surface area contributed by atoms with E-state index in [0.29, 0.717) is 12.1 Å². The van der Waals surface area contributed by atoms with Crippen LogP contribution in [0.2, 0.25) is 0 Å². The van der Waals surface area contributed by atoms with Crippen molar-refractivity contribution in [3.63, 3.8) is 0 Å². The number of nitrogens with zero attached hydrogens (tertiary/aromatic N) is 6. The van der Waals surface area contributed by atoms with Crippen LogP contribution in [0.3, 0.4) is 0 Å². The van der Waals surface area contributed by atoms with Gasteiger partial charge in [-0.2, -0.15) is 9.61 Å². The summed E-state index contributed by atoms with van der Waals surface area (Å²) in [4.78, 5) is 17.1. The Bertz CT molecular complexity index is 1340. The van der Waals surface area contributed by atoms with Crippen LogP contribution in [0.4, 0.5) is 11.6 Å². The Morgan fingerprint density at radius 1 is 0.971 bits per heavy atom. The Labute approximate surface area is 205 Å². The zero-order chi connectivity index (χ0) is 23.8. The van der Waals surface area contributed by atoms with Crippen molar-refractivity contribution >= 4 is 28.3 Å². The van der Waals surface area contributed by atoms with Crippen molar-refractivity contribution < 1.29 is 4.74 Å². The average Bonchev–Trinajstić information content (AvgIpc) is 3.55. The van der Waals surface area contributed by atoms with Gasteiger partial charge in [0.05, 0.1) is 22.8 Å². The first-order valence-corrected chi connectivity index (χ1v) is 13.0. The summed E-state index contributed by atoms with van der Waals surface area (Å²) in [5, 5.41) is 8.78. The summed E-state index contributed by atoms with van der Waals surface area (Å²) in [6.45, 7) is 6.98. The van der Waals surface area contributed by atoms with Crippen LogP contribution >= 0.6 is 0 Å². The number of fused-ring (bicyclic) bond motifs is 2. The minimum atomic E-state index is 0.390. The lowest BCUT2D eigenvalue weighted by Gasteiger charge is -2.30. The molecule has 4 aromatic rings. The standard InChI is InChI=1S/C27H33N7O/c1-3-35-20-12-10-19(11-13-20)29-26-17-24(33-14-6-7-15-33)31-25-16-23(32-34(25)26)27-18(2)28-21-8-4-5-9-22(21)30-27/h4-5,8-9,16-17,19-20,29H,3,6-7,10-15H2,1-2H3. The summed E-state index contributed by atoms with van der Waals surface area (Å²) in [6.07, 6.45) is 7.19. The van der Waals surface area contributed by atoms with Crippen LogP contribution in [0.5, 0.6) is 0 Å². The van der Waals surface area contributed by atoms with Gasteiger partial charge in [-0.1, -0.05) is 12.1 Å². The minimum Gasteiger partial charge on any atom is -0.379 e. The van der Waals surface area contributed by atoms with Crippen LogP contribution in [-0.4, -0.2) is 56.4 Å². The summed E-state index contributed by atoms with van der Waals surface area (Å²) < 4.78 is 7.80. The van der Waals surface area contributed by atoms with Crippen LogP contribution in [0.25, 0.3) is 28.1 Å². The molecule has 0 radical (unpaired) electrons. The first-order valence-electron chi connectivity index (χ1n) is 13.0. The first-order chi connectivity index (χ1) is 17.2. The van der Waals surface area contributed by atoms with Crippen LogP contribution in [0, 0.1) is 6.92 Å². The largest absolute Gasteiger partial charge is 0.379 e. The van der Waals surface area contributed by atoms with E-state index in [4.69, 9.17) is 24.8 Å². The minimum absolute atomic E-state index is 0.390. The first kappa shape index (κ1) is 22.2. The molecule has 6 rings (SSSR count). The lowest BCUT2D eigenvalue weighted by atomic mass is 9.93. The molecule has 182 valence electrons. The highest BCUT2D eigenvalue weighted by Crippen LogP contribution is 2.30. The molecule has 2 aliphatic rings. The molecule has 3 aromatic heterocycles. The molecule has 0 atom stereocenters. The molecule has 2 fully saturated rings. The molecular weight excluding hydrogens is 438 g/mol. The zero-order valence-electron chi connectivity index (χ0n) is 20.6. The Balaban J connectivity index is 1.38. The van der Waals surface area contributed by atoms with Crippen molar-refractivity contribution in [2.75, 3.05) is 29.9 Å². The van der Waals surface area contributed by atoms with E-state index in [1.165, 1.54) is 12.8 Å². The number of ether oxygens (including phenoxy) is 1. The summed E-state index contributed by atoms with van der Waals surface area (Å²) >= 11 is 0. The van der Waals surface area contributed by atoms with E-state index in [9.17, 15) is 0 Å². The lowest BCUT2D eigenvalue weighted by Crippen LogP contribution is -2.30. The predicted molar refractivity (Wildman–Crippen MR) is 139 cm³/mol. The van der Waals surface area contributed by atoms with E-state index in [-0.39, 0.29) is 0 Å². The van der Waals surface area contributed by atoms with Crippen molar-refractivity contribution in [1.82, 2.24) is 24.6 Å². The summed E-state index contributed by atoms with van der Waals surface area (Å²) in [5.41, 5.74) is 5.09. The molecule has 35 heavy (non-hydrogen) atoms. The smallest absolute Gasteiger partial charge is 0.160 e. The van der Waals surface area contributed by atoms with Gasteiger partial charge in [0.15, 0.2) is 5.65 Å². The highest BCUT2D eigenvalue weighted by molar-refractivity contribution is 5.78. The molecule has 1 aliphatic heterocycles. The van der Waals surface area contributed by atoms with Crippen molar-refractivity contribution in [2.24, 2.45) is 0 Å². The Kier molecular flexibility index (Phi) is 5.98. The number of aromatic nitrogens is 5. The van der Waals surface area contributed by atoms with E-state index in [1.807, 2.05) is 41.8 Å². The number of aryl methyl sites for hydroxylation is 1. The number of benzene rings is 1. The van der Waals surface area contributed by atoms with Gasteiger partial charge >= 0.3 is 0 Å². The fraction of sp³-hybridized carbons (Fsp3) is 0.481. The molecule has 1 N–H and O–H groups in total. The zero-order valence-corrected chi connectivity index (χ0v) is 20.6. The molecule has 0 bridgehead atoms.